The summed E-state index contributed by atoms with van der Waals surface area (Å²) >= 11 is 0. The Balaban J connectivity index is 1.65. The molecule has 162 valence electrons. The number of hydrogen-bond donors (Lipinski definition) is 1. The SMILES string of the molecule is COc1ccccc1[C@H]1c2c(ncn(Cc3ccco3)c2=N)Oc2ccc3ccccc3c21. The molecule has 6 nitrogen and oxygen atoms in total. The fourth-order valence-corrected chi connectivity index (χ4v) is 4.66. The van der Waals surface area contributed by atoms with E-state index in [4.69, 9.17) is 19.3 Å². The molecule has 2 aromatic heterocycles. The maximum Gasteiger partial charge on any atom is 0.228 e. The average molecular weight is 435 g/mol. The fourth-order valence-electron chi connectivity index (χ4n) is 4.66. The number of ether oxygens (including phenoxy) is 2. The third-order valence-electron chi connectivity index (χ3n) is 6.16. The second-order valence-corrected chi connectivity index (χ2v) is 7.99. The van der Waals surface area contributed by atoms with Gasteiger partial charge in [-0.05, 0) is 35.0 Å². The highest BCUT2D eigenvalue weighted by atomic mass is 16.5. The minimum absolute atomic E-state index is 0.282. The van der Waals surface area contributed by atoms with Crippen molar-refractivity contribution in [3.05, 3.63) is 113 Å². The molecule has 0 fully saturated rings. The van der Waals surface area contributed by atoms with E-state index >= 15 is 0 Å². The Morgan fingerprint density at radius 2 is 1.82 bits per heavy atom. The lowest BCUT2D eigenvalue weighted by Gasteiger charge is -2.30. The second kappa shape index (κ2) is 7.67. The van der Waals surface area contributed by atoms with Crippen LogP contribution in [0, 0.1) is 5.41 Å². The number of para-hydroxylation sites is 1. The van der Waals surface area contributed by atoms with Gasteiger partial charge in [-0.2, -0.15) is 0 Å². The third kappa shape index (κ3) is 3.10. The van der Waals surface area contributed by atoms with E-state index in [0.29, 0.717) is 23.5 Å². The lowest BCUT2D eigenvalue weighted by molar-refractivity contribution is 0.400. The normalized spacial score (nSPS) is 14.4. The van der Waals surface area contributed by atoms with Crippen molar-refractivity contribution in [2.45, 2.75) is 12.5 Å². The molecule has 0 saturated heterocycles. The molecule has 1 N–H and O–H groups in total. The van der Waals surface area contributed by atoms with Crippen LogP contribution in [0.15, 0.2) is 89.8 Å². The first-order valence-electron chi connectivity index (χ1n) is 10.7. The molecular formula is C27H21N3O3. The van der Waals surface area contributed by atoms with Gasteiger partial charge in [0, 0.05) is 11.1 Å². The van der Waals surface area contributed by atoms with E-state index in [0.717, 1.165) is 39.2 Å². The quantitative estimate of drug-likeness (QED) is 0.400. The predicted octanol–water partition coefficient (Wildman–Crippen LogP) is 5.45. The van der Waals surface area contributed by atoms with Gasteiger partial charge in [0.05, 0.1) is 31.4 Å². The van der Waals surface area contributed by atoms with Crippen molar-refractivity contribution >= 4 is 10.8 Å². The number of methoxy groups -OCH3 is 1. The molecule has 6 heteroatoms. The molecule has 1 aliphatic heterocycles. The zero-order valence-electron chi connectivity index (χ0n) is 18.0. The molecule has 1 aliphatic rings. The smallest absolute Gasteiger partial charge is 0.228 e. The number of hydrogen-bond acceptors (Lipinski definition) is 5. The zero-order chi connectivity index (χ0) is 22.4. The van der Waals surface area contributed by atoms with Crippen molar-refractivity contribution < 1.29 is 13.9 Å². The summed E-state index contributed by atoms with van der Waals surface area (Å²) < 4.78 is 19.3. The summed E-state index contributed by atoms with van der Waals surface area (Å²) in [5, 5.41) is 11.3. The summed E-state index contributed by atoms with van der Waals surface area (Å²) in [6.45, 7) is 0.410. The summed E-state index contributed by atoms with van der Waals surface area (Å²) in [5.74, 6) is 2.42. The van der Waals surface area contributed by atoms with Crippen molar-refractivity contribution in [1.29, 1.82) is 5.41 Å². The molecule has 0 bridgehead atoms. The van der Waals surface area contributed by atoms with Crippen LogP contribution in [0.25, 0.3) is 10.8 Å². The second-order valence-electron chi connectivity index (χ2n) is 7.99. The Hall–Kier alpha value is -4.32. The van der Waals surface area contributed by atoms with Gasteiger partial charge in [0.15, 0.2) is 0 Å². The van der Waals surface area contributed by atoms with Crippen LogP contribution in [0.3, 0.4) is 0 Å². The summed E-state index contributed by atoms with van der Waals surface area (Å²) in [4.78, 5) is 4.61. The number of rotatable bonds is 4. The Morgan fingerprint density at radius 3 is 2.67 bits per heavy atom. The molecule has 1 atom stereocenters. The average Bonchev–Trinajstić information content (AvgIpc) is 3.37. The Labute approximate surface area is 190 Å². The highest BCUT2D eigenvalue weighted by Crippen LogP contribution is 2.49. The Kier molecular flexibility index (Phi) is 4.50. The van der Waals surface area contributed by atoms with Crippen LogP contribution < -0.4 is 15.0 Å². The molecule has 0 saturated carbocycles. The fraction of sp³-hybridized carbons (Fsp3) is 0.111. The number of nitrogens with one attached hydrogen (secondary N) is 1. The number of fused-ring (bicyclic) bond motifs is 4. The number of aromatic nitrogens is 2. The molecule has 0 radical (unpaired) electrons. The summed E-state index contributed by atoms with van der Waals surface area (Å²) in [6, 6.07) is 24.0. The molecule has 3 heterocycles. The van der Waals surface area contributed by atoms with Crippen LogP contribution in [0.5, 0.6) is 17.4 Å². The van der Waals surface area contributed by atoms with Gasteiger partial charge < -0.3 is 18.5 Å². The summed E-state index contributed by atoms with van der Waals surface area (Å²) in [6.07, 6.45) is 3.27. The van der Waals surface area contributed by atoms with Crippen LogP contribution in [-0.2, 0) is 6.54 Å². The zero-order valence-corrected chi connectivity index (χ0v) is 18.0. The van der Waals surface area contributed by atoms with Gasteiger partial charge in [0.25, 0.3) is 0 Å². The van der Waals surface area contributed by atoms with Crippen molar-refractivity contribution in [2.24, 2.45) is 0 Å². The number of benzene rings is 3. The van der Waals surface area contributed by atoms with E-state index in [1.807, 2.05) is 54.6 Å². The van der Waals surface area contributed by atoms with Gasteiger partial charge in [-0.15, -0.1) is 0 Å². The molecule has 0 spiro atoms. The topological polar surface area (TPSA) is 73.3 Å². The van der Waals surface area contributed by atoms with Gasteiger partial charge in [0.1, 0.15) is 29.1 Å². The van der Waals surface area contributed by atoms with Crippen LogP contribution in [-0.4, -0.2) is 16.7 Å². The maximum absolute atomic E-state index is 9.14. The molecule has 0 amide bonds. The van der Waals surface area contributed by atoms with E-state index in [1.54, 1.807) is 24.3 Å². The molecule has 0 aliphatic carbocycles. The molecular weight excluding hydrogens is 414 g/mol. The minimum Gasteiger partial charge on any atom is -0.496 e. The lowest BCUT2D eigenvalue weighted by atomic mass is 9.81. The van der Waals surface area contributed by atoms with Crippen molar-refractivity contribution in [1.82, 2.24) is 9.55 Å². The highest BCUT2D eigenvalue weighted by Gasteiger charge is 2.35. The summed E-state index contributed by atoms with van der Waals surface area (Å²) in [7, 11) is 1.67. The van der Waals surface area contributed by atoms with E-state index in [9.17, 15) is 0 Å². The first-order valence-corrected chi connectivity index (χ1v) is 10.7. The van der Waals surface area contributed by atoms with Gasteiger partial charge >= 0.3 is 0 Å². The van der Waals surface area contributed by atoms with Crippen LogP contribution in [0.4, 0.5) is 0 Å². The van der Waals surface area contributed by atoms with Crippen molar-refractivity contribution in [3.8, 4) is 17.4 Å². The van der Waals surface area contributed by atoms with Crippen LogP contribution in [0.2, 0.25) is 0 Å². The molecule has 6 rings (SSSR count). The lowest BCUT2D eigenvalue weighted by Crippen LogP contribution is -2.30. The molecule has 0 unspecified atom stereocenters. The Morgan fingerprint density at radius 1 is 0.970 bits per heavy atom. The van der Waals surface area contributed by atoms with Crippen LogP contribution in [0.1, 0.15) is 28.4 Å². The van der Waals surface area contributed by atoms with Crippen molar-refractivity contribution in [3.63, 3.8) is 0 Å². The van der Waals surface area contributed by atoms with Gasteiger partial charge in [-0.25, -0.2) is 4.98 Å². The van der Waals surface area contributed by atoms with Gasteiger partial charge in [-0.3, -0.25) is 5.41 Å². The number of nitrogens with zero attached hydrogens (tertiary/aromatic N) is 2. The predicted molar refractivity (Wildman–Crippen MR) is 124 cm³/mol. The molecule has 33 heavy (non-hydrogen) atoms. The Bertz CT molecular complexity index is 1540. The van der Waals surface area contributed by atoms with E-state index in [1.165, 1.54) is 0 Å². The standard InChI is InChI=1S/C27H21N3O3/c1-31-21-11-5-4-10-20(21)24-23-19-9-3-2-7-17(19)12-13-22(23)33-27-25(24)26(28)30(16-29-27)15-18-8-6-14-32-18/h2-14,16,24,28H,15H2,1H3/t24-/m1/s1. The summed E-state index contributed by atoms with van der Waals surface area (Å²) in [5.41, 5.74) is 3.01. The first kappa shape index (κ1) is 19.4. The first-order chi connectivity index (χ1) is 16.2. The van der Waals surface area contributed by atoms with E-state index in [2.05, 4.69) is 23.2 Å². The van der Waals surface area contributed by atoms with Gasteiger partial charge in [0.2, 0.25) is 5.88 Å². The highest BCUT2D eigenvalue weighted by molar-refractivity contribution is 5.90. The van der Waals surface area contributed by atoms with Gasteiger partial charge in [-0.1, -0.05) is 48.5 Å². The van der Waals surface area contributed by atoms with Crippen LogP contribution >= 0.6 is 0 Å². The third-order valence-corrected chi connectivity index (χ3v) is 6.16. The minimum atomic E-state index is -0.282. The number of furan rings is 1. The molecule has 3 aromatic carbocycles. The molecule has 5 aromatic rings. The van der Waals surface area contributed by atoms with E-state index < -0.39 is 0 Å². The van der Waals surface area contributed by atoms with E-state index in [-0.39, 0.29) is 5.92 Å². The monoisotopic (exact) mass is 435 g/mol. The maximum atomic E-state index is 9.14. The largest absolute Gasteiger partial charge is 0.496 e. The van der Waals surface area contributed by atoms with Crippen molar-refractivity contribution in [2.75, 3.05) is 7.11 Å².